The summed E-state index contributed by atoms with van der Waals surface area (Å²) in [6.07, 6.45) is 2.28. The number of aliphatic hydroxyl groups excluding tert-OH is 1. The van der Waals surface area contributed by atoms with E-state index >= 15 is 0 Å². The Balaban J connectivity index is 1.21. The molecule has 1 aliphatic rings. The number of para-hydroxylation sites is 1. The van der Waals surface area contributed by atoms with E-state index in [1.54, 1.807) is 41.4 Å². The number of aromatic nitrogens is 2. The number of ether oxygens (including phenoxy) is 2. The standard InChI is InChI=1S/C32H29N3O4S2/c1-20-27(19-40-32-35-26-6-2-3-7-28(26)41-32)38-31(39-29(20)22-10-8-21(18-36)9-11-22)23-12-14-25(15-13-23)34-30(37)24-5-4-16-33-17-24/h2-17,20,27,29,31,36H,18-19H2,1H3,(H,34,37)/t20-,27+,29+,31+/m0/s1. The number of thiazole rings is 1. The van der Waals surface area contributed by atoms with Gasteiger partial charge in [0, 0.05) is 35.3 Å². The van der Waals surface area contributed by atoms with Gasteiger partial charge in [-0.05, 0) is 47.5 Å². The summed E-state index contributed by atoms with van der Waals surface area (Å²) < 4.78 is 15.3. The highest BCUT2D eigenvalue weighted by molar-refractivity contribution is 8.01. The molecule has 1 amide bonds. The summed E-state index contributed by atoms with van der Waals surface area (Å²) in [4.78, 5) is 21.3. The van der Waals surface area contributed by atoms with Crippen molar-refractivity contribution >= 4 is 44.9 Å². The largest absolute Gasteiger partial charge is 0.392 e. The highest BCUT2D eigenvalue weighted by Gasteiger charge is 2.38. The molecular weight excluding hydrogens is 555 g/mol. The Hall–Kier alpha value is -3.60. The van der Waals surface area contributed by atoms with Gasteiger partial charge < -0.3 is 19.9 Å². The van der Waals surface area contributed by atoms with Crippen LogP contribution in [0.2, 0.25) is 0 Å². The van der Waals surface area contributed by atoms with Crippen molar-refractivity contribution in [2.24, 2.45) is 5.92 Å². The first-order valence-corrected chi connectivity index (χ1v) is 15.2. The van der Waals surface area contributed by atoms with E-state index in [1.165, 1.54) is 10.9 Å². The van der Waals surface area contributed by atoms with Crippen molar-refractivity contribution in [3.05, 3.63) is 120 Å². The van der Waals surface area contributed by atoms with Gasteiger partial charge in [0.2, 0.25) is 0 Å². The minimum Gasteiger partial charge on any atom is -0.392 e. The molecular formula is C32H29N3O4S2. The molecule has 3 heterocycles. The molecule has 4 atom stereocenters. The van der Waals surface area contributed by atoms with E-state index in [1.807, 2.05) is 66.7 Å². The lowest BCUT2D eigenvalue weighted by molar-refractivity contribution is -0.268. The molecule has 0 saturated carbocycles. The lowest BCUT2D eigenvalue weighted by Crippen LogP contribution is -2.38. The number of carbonyl (C=O) groups excluding carboxylic acids is 1. The molecule has 2 N–H and O–H groups in total. The highest BCUT2D eigenvalue weighted by Crippen LogP contribution is 2.43. The van der Waals surface area contributed by atoms with Crippen LogP contribution in [0.4, 0.5) is 5.69 Å². The number of pyridine rings is 1. The van der Waals surface area contributed by atoms with Crippen molar-refractivity contribution in [3.8, 4) is 0 Å². The van der Waals surface area contributed by atoms with E-state index in [2.05, 4.69) is 23.3 Å². The lowest BCUT2D eigenvalue weighted by Gasteiger charge is -2.41. The number of carbonyl (C=O) groups is 1. The second kappa shape index (κ2) is 12.5. The van der Waals surface area contributed by atoms with Crippen LogP contribution >= 0.6 is 23.1 Å². The van der Waals surface area contributed by atoms with Gasteiger partial charge in [-0.2, -0.15) is 0 Å². The van der Waals surface area contributed by atoms with Gasteiger partial charge in [-0.3, -0.25) is 9.78 Å². The average Bonchev–Trinajstić information content (AvgIpc) is 3.45. The summed E-state index contributed by atoms with van der Waals surface area (Å²) in [6, 6.07) is 27.1. The Morgan fingerprint density at radius 2 is 1.76 bits per heavy atom. The summed E-state index contributed by atoms with van der Waals surface area (Å²) in [6.45, 7) is 2.15. The number of thioether (sulfide) groups is 1. The number of anilines is 1. The molecule has 1 fully saturated rings. The predicted molar refractivity (Wildman–Crippen MR) is 162 cm³/mol. The maximum atomic E-state index is 12.5. The molecule has 1 aliphatic heterocycles. The fourth-order valence-corrected chi connectivity index (χ4v) is 7.06. The van der Waals surface area contributed by atoms with E-state index in [0.717, 1.165) is 32.3 Å². The SMILES string of the molecule is C[C@H]1[C@@H](CSc2nc3ccccc3s2)O[C@@H](c2ccc(NC(=O)c3cccnc3)cc2)O[C@H]1c1ccc(CO)cc1. The van der Waals surface area contributed by atoms with E-state index in [-0.39, 0.29) is 30.6 Å². The fourth-order valence-electron chi connectivity index (χ4n) is 4.80. The van der Waals surface area contributed by atoms with Crippen LogP contribution in [0.25, 0.3) is 10.2 Å². The van der Waals surface area contributed by atoms with Gasteiger partial charge in [0.25, 0.3) is 5.91 Å². The highest BCUT2D eigenvalue weighted by atomic mass is 32.2. The third-order valence-corrected chi connectivity index (χ3v) is 9.40. The van der Waals surface area contributed by atoms with E-state index < -0.39 is 6.29 Å². The first-order valence-electron chi connectivity index (χ1n) is 13.4. The van der Waals surface area contributed by atoms with Crippen molar-refractivity contribution < 1.29 is 19.4 Å². The minimum atomic E-state index is -0.585. The Morgan fingerprint density at radius 3 is 2.49 bits per heavy atom. The molecule has 208 valence electrons. The van der Waals surface area contributed by atoms with Gasteiger partial charge in [0.15, 0.2) is 10.6 Å². The van der Waals surface area contributed by atoms with Crippen molar-refractivity contribution in [1.82, 2.24) is 9.97 Å². The Morgan fingerprint density at radius 1 is 0.976 bits per heavy atom. The first-order chi connectivity index (χ1) is 20.1. The number of aliphatic hydroxyl groups is 1. The van der Waals surface area contributed by atoms with Gasteiger partial charge in [-0.15, -0.1) is 11.3 Å². The van der Waals surface area contributed by atoms with Crippen LogP contribution in [0.15, 0.2) is 102 Å². The molecule has 0 bridgehead atoms. The maximum Gasteiger partial charge on any atom is 0.257 e. The molecule has 0 radical (unpaired) electrons. The Labute approximate surface area is 246 Å². The molecule has 6 rings (SSSR count). The van der Waals surface area contributed by atoms with Crippen LogP contribution in [0.5, 0.6) is 0 Å². The number of nitrogens with one attached hydrogen (secondary N) is 1. The van der Waals surface area contributed by atoms with Crippen LogP contribution in [0.1, 0.15) is 46.4 Å². The van der Waals surface area contributed by atoms with Gasteiger partial charge in [-0.25, -0.2) is 4.98 Å². The van der Waals surface area contributed by atoms with Crippen LogP contribution in [0.3, 0.4) is 0 Å². The molecule has 0 unspecified atom stereocenters. The molecule has 0 spiro atoms. The normalized spacial score (nSPS) is 20.6. The molecule has 7 nitrogen and oxygen atoms in total. The van der Waals surface area contributed by atoms with Crippen molar-refractivity contribution in [3.63, 3.8) is 0 Å². The number of rotatable bonds is 8. The predicted octanol–water partition coefficient (Wildman–Crippen LogP) is 7.02. The Kier molecular flexibility index (Phi) is 8.41. The lowest BCUT2D eigenvalue weighted by atomic mass is 9.91. The molecule has 9 heteroatoms. The molecule has 41 heavy (non-hydrogen) atoms. The van der Waals surface area contributed by atoms with E-state index in [9.17, 15) is 9.90 Å². The van der Waals surface area contributed by atoms with Crippen molar-refractivity contribution in [2.75, 3.05) is 11.1 Å². The second-order valence-corrected chi connectivity index (χ2v) is 12.2. The number of hydrogen-bond acceptors (Lipinski definition) is 8. The van der Waals surface area contributed by atoms with E-state index in [0.29, 0.717) is 11.3 Å². The van der Waals surface area contributed by atoms with Crippen molar-refractivity contribution in [2.45, 2.75) is 36.4 Å². The summed E-state index contributed by atoms with van der Waals surface area (Å²) in [5.41, 5.74) is 4.94. The van der Waals surface area contributed by atoms with Crippen LogP contribution in [-0.2, 0) is 16.1 Å². The zero-order chi connectivity index (χ0) is 28.2. The fraction of sp³-hybridized carbons (Fsp3) is 0.219. The molecule has 0 aliphatic carbocycles. The van der Waals surface area contributed by atoms with Crippen LogP contribution in [0, 0.1) is 5.92 Å². The molecule has 1 saturated heterocycles. The van der Waals surface area contributed by atoms with Crippen molar-refractivity contribution in [1.29, 1.82) is 0 Å². The minimum absolute atomic E-state index is 0.00179. The summed E-state index contributed by atoms with van der Waals surface area (Å²) >= 11 is 3.40. The van der Waals surface area contributed by atoms with Gasteiger partial charge in [0.1, 0.15) is 0 Å². The van der Waals surface area contributed by atoms with Gasteiger partial charge in [0.05, 0.1) is 34.6 Å². The monoisotopic (exact) mass is 583 g/mol. The number of hydrogen-bond donors (Lipinski definition) is 2. The summed E-state index contributed by atoms with van der Waals surface area (Å²) in [7, 11) is 0. The quantitative estimate of drug-likeness (QED) is 0.190. The average molecular weight is 584 g/mol. The number of amides is 1. The third kappa shape index (κ3) is 6.34. The smallest absolute Gasteiger partial charge is 0.257 e. The summed E-state index contributed by atoms with van der Waals surface area (Å²) in [5, 5.41) is 12.4. The van der Waals surface area contributed by atoms with Crippen LogP contribution < -0.4 is 5.32 Å². The second-order valence-electron chi connectivity index (χ2n) is 9.90. The molecule has 2 aromatic heterocycles. The zero-order valence-electron chi connectivity index (χ0n) is 22.3. The first kappa shape index (κ1) is 27.6. The van der Waals surface area contributed by atoms with E-state index in [4.69, 9.17) is 14.5 Å². The zero-order valence-corrected chi connectivity index (χ0v) is 24.0. The Bertz CT molecular complexity index is 1580. The number of benzene rings is 3. The van der Waals surface area contributed by atoms with Gasteiger partial charge in [-0.1, -0.05) is 67.2 Å². The maximum absolute atomic E-state index is 12.5. The number of fused-ring (bicyclic) bond motifs is 1. The van der Waals surface area contributed by atoms with Crippen LogP contribution in [-0.4, -0.2) is 32.8 Å². The van der Waals surface area contributed by atoms with Gasteiger partial charge >= 0.3 is 0 Å². The number of nitrogens with zero attached hydrogens (tertiary/aromatic N) is 2. The third-order valence-electron chi connectivity index (χ3n) is 7.13. The topological polar surface area (TPSA) is 93.6 Å². The molecule has 3 aromatic carbocycles. The molecule has 5 aromatic rings. The summed E-state index contributed by atoms with van der Waals surface area (Å²) in [5.74, 6) is 0.583.